The van der Waals surface area contributed by atoms with Crippen molar-refractivity contribution in [2.45, 2.75) is 37.5 Å². The monoisotopic (exact) mass is 437 g/mol. The van der Waals surface area contributed by atoms with Crippen molar-refractivity contribution in [1.82, 2.24) is 15.0 Å². The first-order valence-electron chi connectivity index (χ1n) is 9.59. The number of sulfone groups is 1. The highest BCUT2D eigenvalue weighted by atomic mass is 35.5. The second-order valence-electron chi connectivity index (χ2n) is 7.81. The third-order valence-corrected chi connectivity index (χ3v) is 8.55. The van der Waals surface area contributed by atoms with Gasteiger partial charge in [-0.05, 0) is 38.8 Å². The summed E-state index contributed by atoms with van der Waals surface area (Å²) in [6.45, 7) is 5.64. The van der Waals surface area contributed by atoms with Gasteiger partial charge in [0.1, 0.15) is 21.5 Å². The molecule has 4 heterocycles. The van der Waals surface area contributed by atoms with Gasteiger partial charge in [0.25, 0.3) is 0 Å². The molecule has 0 radical (unpaired) electrons. The molecule has 2 aliphatic heterocycles. The molecule has 2 aromatic heterocycles. The number of anilines is 2. The molecule has 0 bridgehead atoms. The summed E-state index contributed by atoms with van der Waals surface area (Å²) in [5.41, 5.74) is 6.96. The van der Waals surface area contributed by atoms with Crippen molar-refractivity contribution in [2.75, 3.05) is 36.1 Å². The van der Waals surface area contributed by atoms with Gasteiger partial charge in [-0.15, -0.1) is 0 Å². The molecule has 2 unspecified atom stereocenters. The number of ether oxygens (including phenoxy) is 1. The first-order chi connectivity index (χ1) is 13.7. The van der Waals surface area contributed by atoms with Crippen molar-refractivity contribution in [3.63, 3.8) is 0 Å². The predicted octanol–water partition coefficient (Wildman–Crippen LogP) is 2.42. The number of rotatable bonds is 3. The molecular weight excluding hydrogens is 414 g/mol. The summed E-state index contributed by atoms with van der Waals surface area (Å²) in [5, 5.41) is 0.231. The molecule has 4 rings (SSSR count). The maximum absolute atomic E-state index is 12.8. The summed E-state index contributed by atoms with van der Waals surface area (Å²) in [4.78, 5) is 15.5. The van der Waals surface area contributed by atoms with Gasteiger partial charge in [-0.1, -0.05) is 11.6 Å². The number of hydrogen-bond acceptors (Lipinski definition) is 8. The molecule has 0 amide bonds. The predicted molar refractivity (Wildman–Crippen MR) is 113 cm³/mol. The number of morpholine rings is 1. The molecular formula is C19H24ClN5O3S. The Bertz CT molecular complexity index is 1030. The first kappa shape index (κ1) is 20.3. The van der Waals surface area contributed by atoms with E-state index in [1.165, 1.54) is 0 Å². The van der Waals surface area contributed by atoms with Gasteiger partial charge in [-0.3, -0.25) is 0 Å². The topological polar surface area (TPSA) is 111 Å². The summed E-state index contributed by atoms with van der Waals surface area (Å²) >= 11 is 6.08. The van der Waals surface area contributed by atoms with Gasteiger partial charge in [-0.25, -0.2) is 23.4 Å². The van der Waals surface area contributed by atoms with Crippen molar-refractivity contribution in [3.8, 4) is 11.4 Å². The molecule has 0 aliphatic carbocycles. The Morgan fingerprint density at radius 3 is 2.72 bits per heavy atom. The van der Waals surface area contributed by atoms with E-state index in [4.69, 9.17) is 27.1 Å². The third kappa shape index (κ3) is 3.67. The van der Waals surface area contributed by atoms with Crippen molar-refractivity contribution in [2.24, 2.45) is 0 Å². The average molecular weight is 438 g/mol. The van der Waals surface area contributed by atoms with E-state index in [0.29, 0.717) is 55.5 Å². The van der Waals surface area contributed by atoms with Crippen LogP contribution in [0.4, 0.5) is 11.6 Å². The number of nitrogens with zero attached hydrogens (tertiary/aromatic N) is 4. The number of halogens is 1. The number of hydrogen-bond donors (Lipinski definition) is 1. The summed E-state index contributed by atoms with van der Waals surface area (Å²) < 4.78 is 30.2. The number of nitrogen functional groups attached to an aromatic ring is 1. The van der Waals surface area contributed by atoms with E-state index in [-0.39, 0.29) is 22.8 Å². The van der Waals surface area contributed by atoms with E-state index in [0.717, 1.165) is 0 Å². The van der Waals surface area contributed by atoms with E-state index in [2.05, 4.69) is 21.8 Å². The van der Waals surface area contributed by atoms with Gasteiger partial charge in [-0.2, -0.15) is 0 Å². The van der Waals surface area contributed by atoms with Crippen molar-refractivity contribution >= 4 is 33.1 Å². The number of nitrogens with two attached hydrogens (primary N) is 1. The molecule has 0 spiro atoms. The molecule has 2 aliphatic rings. The Kier molecular flexibility index (Phi) is 5.16. The van der Waals surface area contributed by atoms with Gasteiger partial charge < -0.3 is 15.4 Å². The van der Waals surface area contributed by atoms with Gasteiger partial charge in [0.15, 0.2) is 15.7 Å². The molecule has 2 N–H and O–H groups in total. The van der Waals surface area contributed by atoms with Crippen LogP contribution in [0.3, 0.4) is 0 Å². The highest BCUT2D eigenvalue weighted by molar-refractivity contribution is 7.92. The van der Waals surface area contributed by atoms with Crippen LogP contribution >= 0.6 is 11.6 Å². The Morgan fingerprint density at radius 1 is 1.28 bits per heavy atom. The van der Waals surface area contributed by atoms with Crippen LogP contribution in [0.5, 0.6) is 0 Å². The van der Waals surface area contributed by atoms with Gasteiger partial charge in [0.2, 0.25) is 0 Å². The Hall–Kier alpha value is -1.97. The summed E-state index contributed by atoms with van der Waals surface area (Å²) in [7, 11) is -3.31. The van der Waals surface area contributed by atoms with Crippen LogP contribution in [0.2, 0.25) is 5.15 Å². The Balaban J connectivity index is 1.90. The first-order valence-corrected chi connectivity index (χ1v) is 11.6. The fourth-order valence-corrected chi connectivity index (χ4v) is 6.03. The van der Waals surface area contributed by atoms with Crippen LogP contribution < -0.4 is 10.6 Å². The normalized spacial score (nSPS) is 26.6. The largest absolute Gasteiger partial charge is 0.384 e. The van der Waals surface area contributed by atoms with Crippen LogP contribution in [0.25, 0.3) is 11.4 Å². The fourth-order valence-electron chi connectivity index (χ4n) is 3.96. The number of aromatic nitrogens is 3. The molecule has 2 fully saturated rings. The van der Waals surface area contributed by atoms with E-state index in [1.54, 1.807) is 25.1 Å². The third-order valence-electron chi connectivity index (χ3n) is 5.74. The lowest BCUT2D eigenvalue weighted by molar-refractivity contribution is 0.0985. The molecule has 8 nitrogen and oxygen atoms in total. The molecule has 2 atom stereocenters. The molecule has 0 saturated carbocycles. The molecule has 2 saturated heterocycles. The van der Waals surface area contributed by atoms with Crippen molar-refractivity contribution in [3.05, 3.63) is 29.0 Å². The van der Waals surface area contributed by atoms with E-state index < -0.39 is 14.6 Å². The summed E-state index contributed by atoms with van der Waals surface area (Å²) in [5.74, 6) is 1.48. The molecule has 10 heteroatoms. The zero-order valence-corrected chi connectivity index (χ0v) is 18.0. The maximum Gasteiger partial charge on any atom is 0.162 e. The van der Waals surface area contributed by atoms with Crippen LogP contribution in [0.1, 0.15) is 32.4 Å². The second kappa shape index (κ2) is 7.37. The standard InChI is InChI=1S/C19H24ClN5O3S/c1-12-11-28-6-5-25(12)17-10-14(19(2)4-3-7-29(19,26)27)22-18(24-17)13-8-15(20)23-16(21)9-13/h8-10,12H,3-7,11H2,1-2H3,(H2,21,23). The SMILES string of the molecule is CC1COCCN1c1cc(C2(C)CCCS2(=O)=O)nc(-c2cc(N)nc(Cl)c2)n1. The molecule has 2 aromatic rings. The van der Waals surface area contributed by atoms with Crippen molar-refractivity contribution in [1.29, 1.82) is 0 Å². The highest BCUT2D eigenvalue weighted by Crippen LogP contribution is 2.42. The van der Waals surface area contributed by atoms with E-state index in [9.17, 15) is 8.42 Å². The second-order valence-corrected chi connectivity index (χ2v) is 10.7. The van der Waals surface area contributed by atoms with Gasteiger partial charge in [0, 0.05) is 18.2 Å². The summed E-state index contributed by atoms with van der Waals surface area (Å²) in [6.07, 6.45) is 1.15. The highest BCUT2D eigenvalue weighted by Gasteiger charge is 2.46. The molecule has 29 heavy (non-hydrogen) atoms. The van der Waals surface area contributed by atoms with Crippen LogP contribution in [-0.4, -0.2) is 54.9 Å². The van der Waals surface area contributed by atoms with Gasteiger partial charge >= 0.3 is 0 Å². The lowest BCUT2D eigenvalue weighted by atomic mass is 10.0. The lowest BCUT2D eigenvalue weighted by Gasteiger charge is -2.35. The fraction of sp³-hybridized carbons (Fsp3) is 0.526. The Labute approximate surface area is 175 Å². The van der Waals surface area contributed by atoms with Gasteiger partial charge in [0.05, 0.1) is 30.7 Å². The zero-order chi connectivity index (χ0) is 20.8. The quantitative estimate of drug-likeness (QED) is 0.728. The van der Waals surface area contributed by atoms with Crippen LogP contribution in [0, 0.1) is 0 Å². The Morgan fingerprint density at radius 2 is 2.07 bits per heavy atom. The maximum atomic E-state index is 12.8. The van der Waals surface area contributed by atoms with Crippen LogP contribution in [-0.2, 0) is 19.3 Å². The molecule has 0 aromatic carbocycles. The van der Waals surface area contributed by atoms with Crippen molar-refractivity contribution < 1.29 is 13.2 Å². The summed E-state index contributed by atoms with van der Waals surface area (Å²) in [6, 6.07) is 5.19. The minimum Gasteiger partial charge on any atom is -0.384 e. The lowest BCUT2D eigenvalue weighted by Crippen LogP contribution is -2.44. The van der Waals surface area contributed by atoms with E-state index >= 15 is 0 Å². The minimum absolute atomic E-state index is 0.110. The smallest absolute Gasteiger partial charge is 0.162 e. The zero-order valence-electron chi connectivity index (χ0n) is 16.4. The molecule has 156 valence electrons. The average Bonchev–Trinajstić information content (AvgIpc) is 2.94. The number of pyridine rings is 1. The minimum atomic E-state index is -3.31. The van der Waals surface area contributed by atoms with Crippen LogP contribution in [0.15, 0.2) is 18.2 Å². The van der Waals surface area contributed by atoms with E-state index in [1.807, 2.05) is 0 Å².